The molecule has 0 aliphatic carbocycles. The number of rotatable bonds is 21. The second kappa shape index (κ2) is 25.0. The van der Waals surface area contributed by atoms with Crippen LogP contribution in [0.4, 0.5) is 0 Å². The Morgan fingerprint density at radius 2 is 1.23 bits per heavy atom. The predicted molar refractivity (Wildman–Crippen MR) is 253 cm³/mol. The highest BCUT2D eigenvalue weighted by Gasteiger charge is 2.45. The summed E-state index contributed by atoms with van der Waals surface area (Å²) in [6.07, 6.45) is 8.12. The fourth-order valence-electron chi connectivity index (χ4n) is 10.7. The number of nitrogens with one attached hydrogen (secondary N) is 2. The van der Waals surface area contributed by atoms with Gasteiger partial charge in [-0.2, -0.15) is 0 Å². The minimum absolute atomic E-state index is 0.00419. The first-order valence-electron chi connectivity index (χ1n) is 25.7. The predicted octanol–water partition coefficient (Wildman–Crippen LogP) is 4.76. The molecule has 65 heavy (non-hydrogen) atoms. The Morgan fingerprint density at radius 1 is 0.708 bits per heavy atom. The third-order valence-corrected chi connectivity index (χ3v) is 14.7. The van der Waals surface area contributed by atoms with Gasteiger partial charge in [-0.25, -0.2) is 0 Å². The summed E-state index contributed by atoms with van der Waals surface area (Å²) >= 11 is 0. The van der Waals surface area contributed by atoms with Gasteiger partial charge in [-0.3, -0.25) is 24.0 Å². The highest BCUT2D eigenvalue weighted by Crippen LogP contribution is 2.34. The average molecular weight is 916 g/mol. The maximum atomic E-state index is 14.5. The molecule has 1 spiro atoms. The molecule has 372 valence electrons. The van der Waals surface area contributed by atoms with Crippen molar-refractivity contribution in [2.75, 3.05) is 86.2 Å². The lowest BCUT2D eigenvalue weighted by Crippen LogP contribution is -2.63. The maximum Gasteiger partial charge on any atom is 0.306 e. The number of carbonyl (C=O) groups excluding carboxylic acids is 5. The van der Waals surface area contributed by atoms with Crippen molar-refractivity contribution in [3.63, 3.8) is 0 Å². The van der Waals surface area contributed by atoms with E-state index < -0.39 is 17.9 Å². The molecule has 0 aromatic rings. The molecular formula is C50H89N7O8. The Morgan fingerprint density at radius 3 is 1.75 bits per heavy atom. The van der Waals surface area contributed by atoms with E-state index in [1.165, 1.54) is 0 Å². The van der Waals surface area contributed by atoms with E-state index in [9.17, 15) is 24.0 Å². The summed E-state index contributed by atoms with van der Waals surface area (Å²) in [5.41, 5.74) is 0. The van der Waals surface area contributed by atoms with Crippen molar-refractivity contribution in [2.24, 2.45) is 35.5 Å². The Bertz CT molecular complexity index is 1540. The van der Waals surface area contributed by atoms with Crippen LogP contribution in [0, 0.1) is 35.5 Å². The lowest BCUT2D eigenvalue weighted by atomic mass is 9.87. The van der Waals surface area contributed by atoms with Gasteiger partial charge in [0.15, 0.2) is 5.79 Å². The van der Waals surface area contributed by atoms with Gasteiger partial charge in [0.25, 0.3) is 0 Å². The van der Waals surface area contributed by atoms with Crippen LogP contribution in [-0.2, 0) is 38.2 Å². The standard InChI is InChI=1S/C50H89N7O8/c1-11-38(8)65-45(58)30-39-14-20-54(21-15-39)49(62)44(57-25-18-51-41(46(57)59)26-34(2)3)29-37(7)13-12-36(6)28-42-47(60)56(24-19-52-42)43(27-35(4)5)48(61)55-22-16-50(17-23-55)63-32-40(33-64-50)31-53(9)10/h34-44,51-52H,11-33H2,1-10H3/t36?,37?,38?,41-,42-,43-,44-/m0/s1. The van der Waals surface area contributed by atoms with Crippen LogP contribution >= 0.6 is 0 Å². The SMILES string of the molecule is CCC(C)OC(=O)CC1CCN(C(=O)[C@H](CC(C)CCC(C)C[C@@H]2NCCN([C@@H](CC(C)C)C(=O)N3CCC4(CC3)OCC(CN(C)C)CO4)C2=O)N2CCN[C@@H](CC(C)C)C2=O)CC1. The molecule has 0 aromatic carbocycles. The molecule has 5 saturated heterocycles. The van der Waals surface area contributed by atoms with Gasteiger partial charge in [-0.05, 0) is 95.6 Å². The van der Waals surface area contributed by atoms with Gasteiger partial charge >= 0.3 is 5.97 Å². The zero-order valence-electron chi connectivity index (χ0n) is 42.1. The van der Waals surface area contributed by atoms with Gasteiger partial charge in [0.05, 0.1) is 31.4 Å². The molecular weight excluding hydrogens is 827 g/mol. The van der Waals surface area contributed by atoms with Gasteiger partial charge in [0.1, 0.15) is 12.1 Å². The van der Waals surface area contributed by atoms with Crippen LogP contribution in [0.1, 0.15) is 132 Å². The molecule has 5 rings (SSSR count). The molecule has 5 heterocycles. The van der Waals surface area contributed by atoms with Crippen molar-refractivity contribution >= 4 is 29.6 Å². The van der Waals surface area contributed by atoms with E-state index in [0.717, 1.165) is 45.1 Å². The molecule has 0 aromatic heterocycles. The molecule has 15 nitrogen and oxygen atoms in total. The largest absolute Gasteiger partial charge is 0.463 e. The lowest BCUT2D eigenvalue weighted by molar-refractivity contribution is -0.298. The third-order valence-electron chi connectivity index (χ3n) is 14.7. The number of piperidine rings is 2. The molecule has 5 fully saturated rings. The van der Waals surface area contributed by atoms with E-state index >= 15 is 0 Å². The first kappa shape index (κ1) is 53.1. The molecule has 0 bridgehead atoms. The van der Waals surface area contributed by atoms with Crippen molar-refractivity contribution in [1.29, 1.82) is 0 Å². The molecule has 4 amide bonds. The normalized spacial score (nSPS) is 25.1. The van der Waals surface area contributed by atoms with Gasteiger partial charge in [-0.1, -0.05) is 61.3 Å². The fourth-order valence-corrected chi connectivity index (χ4v) is 10.7. The molecule has 0 radical (unpaired) electrons. The lowest BCUT2D eigenvalue weighted by Gasteiger charge is -2.47. The smallest absolute Gasteiger partial charge is 0.306 e. The summed E-state index contributed by atoms with van der Waals surface area (Å²) in [5, 5.41) is 6.90. The Kier molecular flexibility index (Phi) is 20.4. The van der Waals surface area contributed by atoms with Crippen molar-refractivity contribution < 1.29 is 38.2 Å². The summed E-state index contributed by atoms with van der Waals surface area (Å²) in [5.74, 6) is 0.750. The Hall–Kier alpha value is -2.85. The van der Waals surface area contributed by atoms with Gasteiger partial charge in [0.2, 0.25) is 23.6 Å². The fraction of sp³-hybridized carbons (Fsp3) is 0.900. The molecule has 0 saturated carbocycles. The number of hydrogen-bond acceptors (Lipinski definition) is 11. The molecule has 3 unspecified atom stereocenters. The van der Waals surface area contributed by atoms with Crippen LogP contribution in [0.2, 0.25) is 0 Å². The van der Waals surface area contributed by atoms with Crippen LogP contribution in [0.15, 0.2) is 0 Å². The van der Waals surface area contributed by atoms with E-state index in [1.54, 1.807) is 0 Å². The van der Waals surface area contributed by atoms with Crippen molar-refractivity contribution in [3.8, 4) is 0 Å². The van der Waals surface area contributed by atoms with E-state index in [4.69, 9.17) is 14.2 Å². The zero-order chi connectivity index (χ0) is 47.4. The van der Waals surface area contributed by atoms with Gasteiger partial charge < -0.3 is 49.3 Å². The first-order chi connectivity index (χ1) is 30.9. The van der Waals surface area contributed by atoms with E-state index in [2.05, 4.69) is 71.2 Å². The van der Waals surface area contributed by atoms with Crippen molar-refractivity contribution in [2.45, 2.75) is 168 Å². The summed E-state index contributed by atoms with van der Waals surface area (Å²) in [6, 6.07) is -1.72. The number of esters is 1. The van der Waals surface area contributed by atoms with Crippen LogP contribution in [-0.4, -0.2) is 176 Å². The molecule has 5 aliphatic heterocycles. The number of ether oxygens (including phenoxy) is 3. The molecule has 15 heteroatoms. The quantitative estimate of drug-likeness (QED) is 0.153. The number of hydrogen-bond donors (Lipinski definition) is 2. The second-order valence-electron chi connectivity index (χ2n) is 21.8. The Balaban J connectivity index is 1.16. The van der Waals surface area contributed by atoms with Gasteiger partial charge in [-0.15, -0.1) is 0 Å². The minimum atomic E-state index is -0.629. The molecule has 2 N–H and O–H groups in total. The number of amides is 4. The number of nitrogens with zero attached hydrogens (tertiary/aromatic N) is 5. The highest BCUT2D eigenvalue weighted by molar-refractivity contribution is 5.91. The summed E-state index contributed by atoms with van der Waals surface area (Å²) < 4.78 is 18.2. The van der Waals surface area contributed by atoms with Crippen LogP contribution in [0.5, 0.6) is 0 Å². The van der Waals surface area contributed by atoms with E-state index in [1.807, 2.05) is 33.4 Å². The van der Waals surface area contributed by atoms with E-state index in [-0.39, 0.29) is 71.5 Å². The monoisotopic (exact) mass is 916 g/mol. The van der Waals surface area contributed by atoms with Crippen LogP contribution in [0.3, 0.4) is 0 Å². The molecule has 5 aliphatic rings. The van der Waals surface area contributed by atoms with E-state index in [0.29, 0.717) is 116 Å². The second-order valence-corrected chi connectivity index (χ2v) is 21.8. The van der Waals surface area contributed by atoms with Crippen molar-refractivity contribution in [1.82, 2.24) is 35.1 Å². The number of piperazine rings is 2. The minimum Gasteiger partial charge on any atom is -0.463 e. The topological polar surface area (TPSA) is 153 Å². The summed E-state index contributed by atoms with van der Waals surface area (Å²) in [7, 11) is 4.12. The van der Waals surface area contributed by atoms with Crippen molar-refractivity contribution in [3.05, 3.63) is 0 Å². The average Bonchev–Trinajstić information content (AvgIpc) is 3.26. The number of likely N-dealkylation sites (tertiary alicyclic amines) is 2. The Labute approximate surface area is 392 Å². The zero-order valence-corrected chi connectivity index (χ0v) is 42.1. The van der Waals surface area contributed by atoms with Crippen LogP contribution in [0.25, 0.3) is 0 Å². The molecule has 7 atom stereocenters. The van der Waals surface area contributed by atoms with Crippen LogP contribution < -0.4 is 10.6 Å². The summed E-state index contributed by atoms with van der Waals surface area (Å²) in [6.45, 7) is 23.5. The number of carbonyl (C=O) groups is 5. The maximum absolute atomic E-state index is 14.5. The van der Waals surface area contributed by atoms with Gasteiger partial charge in [0, 0.05) is 84.1 Å². The summed E-state index contributed by atoms with van der Waals surface area (Å²) in [4.78, 5) is 79.4. The highest BCUT2D eigenvalue weighted by atomic mass is 16.7. The third kappa shape index (κ3) is 15.3. The first-order valence-corrected chi connectivity index (χ1v) is 25.7.